The molecular weight excluding hydrogens is 404 g/mol. The lowest BCUT2D eigenvalue weighted by Gasteiger charge is -2.14. The number of carbonyl (C=O) groups excluding carboxylic acids is 1. The Hall–Kier alpha value is -2.39. The highest BCUT2D eigenvalue weighted by Crippen LogP contribution is 2.32. The minimum Gasteiger partial charge on any atom is -0.330 e. The summed E-state index contributed by atoms with van der Waals surface area (Å²) in [5, 5.41) is 19.8. The Labute approximate surface area is 178 Å². The molecule has 29 heavy (non-hydrogen) atoms. The second-order valence-corrected chi connectivity index (χ2v) is 9.14. The third kappa shape index (κ3) is 4.97. The summed E-state index contributed by atoms with van der Waals surface area (Å²) in [7, 11) is 0. The molecule has 3 aromatic rings. The summed E-state index contributed by atoms with van der Waals surface area (Å²) in [4.78, 5) is 12.4. The van der Waals surface area contributed by atoms with Crippen molar-refractivity contribution in [3.8, 4) is 0 Å². The van der Waals surface area contributed by atoms with Gasteiger partial charge in [0, 0.05) is 11.8 Å². The van der Waals surface area contributed by atoms with Crippen LogP contribution in [0, 0.1) is 0 Å². The molecule has 1 fully saturated rings. The van der Waals surface area contributed by atoms with E-state index in [1.807, 2.05) is 28.9 Å². The number of nitrogens with zero attached hydrogens (tertiary/aromatic N) is 4. The van der Waals surface area contributed by atoms with E-state index in [0.29, 0.717) is 6.04 Å². The number of hydrogen-bond acceptors (Lipinski definition) is 7. The largest absolute Gasteiger partial charge is 0.330 e. The van der Waals surface area contributed by atoms with Crippen LogP contribution in [0.3, 0.4) is 0 Å². The van der Waals surface area contributed by atoms with Gasteiger partial charge in [-0.1, -0.05) is 61.1 Å². The highest BCUT2D eigenvalue weighted by Gasteiger charge is 2.20. The summed E-state index contributed by atoms with van der Waals surface area (Å²) in [5.74, 6) is 1.00. The van der Waals surface area contributed by atoms with E-state index in [4.69, 9.17) is 0 Å². The van der Waals surface area contributed by atoms with Crippen LogP contribution in [0.1, 0.15) is 44.2 Å². The van der Waals surface area contributed by atoms with E-state index in [2.05, 4.69) is 38.9 Å². The normalized spacial score (nSPS) is 14.2. The summed E-state index contributed by atoms with van der Waals surface area (Å²) < 4.78 is 2.72. The molecule has 0 saturated heterocycles. The molecule has 9 heteroatoms. The van der Waals surface area contributed by atoms with Crippen LogP contribution in [0.25, 0.3) is 0 Å². The Morgan fingerprint density at radius 3 is 2.90 bits per heavy atom. The van der Waals surface area contributed by atoms with Crippen molar-refractivity contribution in [3.63, 3.8) is 0 Å². The molecule has 0 spiro atoms. The molecule has 1 saturated carbocycles. The lowest BCUT2D eigenvalue weighted by molar-refractivity contribution is -0.113. The average Bonchev–Trinajstić information content (AvgIpc) is 3.49. The van der Waals surface area contributed by atoms with Crippen LogP contribution < -0.4 is 10.6 Å². The van der Waals surface area contributed by atoms with Crippen LogP contribution in [-0.4, -0.2) is 31.6 Å². The van der Waals surface area contributed by atoms with E-state index < -0.39 is 0 Å². The second kappa shape index (κ2) is 9.41. The van der Waals surface area contributed by atoms with Crippen molar-refractivity contribution in [2.24, 2.45) is 0 Å². The number of para-hydroxylation sites is 1. The standard InChI is InChI=1S/C20H24N6OS2/c1-2-14-7-3-6-10-16(14)22-19-24-25-20(29-19)28-13-18(27)23-17-11-12-21-26(17)15-8-4-5-9-15/h3,6-7,10-12,15H,2,4-5,8-9,13H2,1H3,(H,22,24)(H,23,27). The van der Waals surface area contributed by atoms with Crippen molar-refractivity contribution in [1.29, 1.82) is 0 Å². The first kappa shape index (κ1) is 19.9. The van der Waals surface area contributed by atoms with Gasteiger partial charge in [-0.2, -0.15) is 5.10 Å². The summed E-state index contributed by atoms with van der Waals surface area (Å²) in [6.45, 7) is 2.12. The zero-order valence-corrected chi connectivity index (χ0v) is 17.9. The van der Waals surface area contributed by atoms with E-state index >= 15 is 0 Å². The summed E-state index contributed by atoms with van der Waals surface area (Å²) in [5.41, 5.74) is 2.27. The molecule has 1 aliphatic carbocycles. The number of amides is 1. The minimum absolute atomic E-state index is 0.0595. The van der Waals surface area contributed by atoms with Crippen molar-refractivity contribution in [2.45, 2.75) is 49.4 Å². The van der Waals surface area contributed by atoms with Gasteiger partial charge in [0.2, 0.25) is 11.0 Å². The Morgan fingerprint density at radius 1 is 1.24 bits per heavy atom. The molecule has 1 amide bonds. The fourth-order valence-corrected chi connectivity index (χ4v) is 5.11. The van der Waals surface area contributed by atoms with Crippen LogP contribution in [0.15, 0.2) is 40.9 Å². The summed E-state index contributed by atoms with van der Waals surface area (Å²) in [6, 6.07) is 10.4. The van der Waals surface area contributed by atoms with Crippen LogP contribution >= 0.6 is 23.1 Å². The van der Waals surface area contributed by atoms with Gasteiger partial charge in [-0.25, -0.2) is 4.68 Å². The predicted octanol–water partition coefficient (Wildman–Crippen LogP) is 4.89. The molecule has 0 bridgehead atoms. The molecule has 7 nitrogen and oxygen atoms in total. The quantitative estimate of drug-likeness (QED) is 0.497. The Bertz CT molecular complexity index is 963. The number of hydrogen-bond donors (Lipinski definition) is 2. The maximum atomic E-state index is 12.4. The molecular formula is C20H24N6OS2. The molecule has 152 valence electrons. The molecule has 0 aliphatic heterocycles. The van der Waals surface area contributed by atoms with Gasteiger partial charge in [-0.05, 0) is 30.9 Å². The number of aromatic nitrogens is 4. The van der Waals surface area contributed by atoms with Crippen molar-refractivity contribution in [1.82, 2.24) is 20.0 Å². The van der Waals surface area contributed by atoms with E-state index in [9.17, 15) is 4.79 Å². The fraction of sp³-hybridized carbons (Fsp3) is 0.400. The van der Waals surface area contributed by atoms with Crippen molar-refractivity contribution in [3.05, 3.63) is 42.1 Å². The average molecular weight is 429 g/mol. The Morgan fingerprint density at radius 2 is 2.07 bits per heavy atom. The van der Waals surface area contributed by atoms with Gasteiger partial charge < -0.3 is 10.6 Å². The van der Waals surface area contributed by atoms with Crippen LogP contribution in [-0.2, 0) is 11.2 Å². The van der Waals surface area contributed by atoms with Crippen LogP contribution in [0.2, 0.25) is 0 Å². The van der Waals surface area contributed by atoms with Gasteiger partial charge in [0.05, 0.1) is 18.0 Å². The van der Waals surface area contributed by atoms with Gasteiger partial charge in [-0.3, -0.25) is 4.79 Å². The predicted molar refractivity (Wildman–Crippen MR) is 118 cm³/mol. The molecule has 4 rings (SSSR count). The van der Waals surface area contributed by atoms with Crippen molar-refractivity contribution < 1.29 is 4.79 Å². The molecule has 0 radical (unpaired) electrons. The van der Waals surface area contributed by atoms with Crippen LogP contribution in [0.4, 0.5) is 16.6 Å². The lowest BCUT2D eigenvalue weighted by atomic mass is 10.1. The smallest absolute Gasteiger partial charge is 0.235 e. The first-order valence-corrected chi connectivity index (χ1v) is 11.7. The zero-order chi connectivity index (χ0) is 20.1. The third-order valence-electron chi connectivity index (χ3n) is 4.98. The SMILES string of the molecule is CCc1ccccc1Nc1nnc(SCC(=O)Nc2ccnn2C2CCCC2)s1. The molecule has 1 aliphatic rings. The number of aryl methyl sites for hydroxylation is 1. The van der Waals surface area contributed by atoms with Crippen molar-refractivity contribution in [2.75, 3.05) is 16.4 Å². The van der Waals surface area contributed by atoms with E-state index in [-0.39, 0.29) is 11.7 Å². The molecule has 2 aromatic heterocycles. The summed E-state index contributed by atoms with van der Waals surface area (Å²) >= 11 is 2.85. The van der Waals surface area contributed by atoms with Crippen LogP contribution in [0.5, 0.6) is 0 Å². The Balaban J connectivity index is 1.31. The van der Waals surface area contributed by atoms with E-state index in [0.717, 1.165) is 40.2 Å². The zero-order valence-electron chi connectivity index (χ0n) is 16.3. The van der Waals surface area contributed by atoms with E-state index in [1.54, 1.807) is 6.20 Å². The van der Waals surface area contributed by atoms with Gasteiger partial charge in [0.25, 0.3) is 0 Å². The topological polar surface area (TPSA) is 84.7 Å². The van der Waals surface area contributed by atoms with Gasteiger partial charge in [-0.15, -0.1) is 10.2 Å². The number of nitrogens with one attached hydrogen (secondary N) is 2. The first-order chi connectivity index (χ1) is 14.2. The first-order valence-electron chi connectivity index (χ1n) is 9.87. The number of rotatable bonds is 8. The summed E-state index contributed by atoms with van der Waals surface area (Å²) in [6.07, 6.45) is 7.40. The highest BCUT2D eigenvalue weighted by atomic mass is 32.2. The molecule has 0 unspecified atom stereocenters. The third-order valence-corrected chi connectivity index (χ3v) is 6.95. The van der Waals surface area contributed by atoms with Gasteiger partial charge in [0.1, 0.15) is 5.82 Å². The highest BCUT2D eigenvalue weighted by molar-refractivity contribution is 8.01. The molecule has 1 aromatic carbocycles. The van der Waals surface area contributed by atoms with Gasteiger partial charge in [0.15, 0.2) is 4.34 Å². The van der Waals surface area contributed by atoms with Crippen molar-refractivity contribution >= 4 is 45.6 Å². The number of anilines is 3. The van der Waals surface area contributed by atoms with E-state index in [1.165, 1.54) is 41.5 Å². The monoisotopic (exact) mass is 428 g/mol. The van der Waals surface area contributed by atoms with Gasteiger partial charge >= 0.3 is 0 Å². The molecule has 2 heterocycles. The number of thioether (sulfide) groups is 1. The number of carbonyl (C=O) groups is 1. The maximum absolute atomic E-state index is 12.4. The Kier molecular flexibility index (Phi) is 6.46. The second-order valence-electron chi connectivity index (χ2n) is 6.94. The maximum Gasteiger partial charge on any atom is 0.235 e. The molecule has 2 N–H and O–H groups in total. The fourth-order valence-electron chi connectivity index (χ4n) is 3.54. The lowest BCUT2D eigenvalue weighted by Crippen LogP contribution is -2.19. The number of benzene rings is 1. The minimum atomic E-state index is -0.0595. The molecule has 0 atom stereocenters.